The molecule has 0 aliphatic carbocycles. The minimum absolute atomic E-state index is 0.441. The molecule has 0 saturated carbocycles. The lowest BCUT2D eigenvalue weighted by molar-refractivity contribution is 0.166. The van der Waals surface area contributed by atoms with Crippen LogP contribution in [0.2, 0.25) is 0 Å². The molecule has 0 heterocycles. The lowest BCUT2D eigenvalue weighted by Gasteiger charge is -2.15. The molecule has 2 aromatic rings. The van der Waals surface area contributed by atoms with Crippen molar-refractivity contribution in [2.45, 2.75) is 26.1 Å². The van der Waals surface area contributed by atoms with Crippen LogP contribution in [0.1, 0.15) is 30.6 Å². The number of ether oxygens (including phenoxy) is 2. The summed E-state index contributed by atoms with van der Waals surface area (Å²) < 4.78 is 12.0. The Bertz CT molecular complexity index is 598. The average molecular weight is 351 g/mol. The lowest BCUT2D eigenvalue weighted by atomic mass is 10.1. The molecule has 112 valence electrons. The Morgan fingerprint density at radius 2 is 1.90 bits per heavy atom. The summed E-state index contributed by atoms with van der Waals surface area (Å²) in [5.74, 6) is 1.51. The number of benzene rings is 2. The molecule has 0 fully saturated rings. The Kier molecular flexibility index (Phi) is 5.65. The van der Waals surface area contributed by atoms with Crippen molar-refractivity contribution in [3.8, 4) is 11.5 Å². The van der Waals surface area contributed by atoms with Gasteiger partial charge in [-0.3, -0.25) is 0 Å². The molecule has 21 heavy (non-hydrogen) atoms. The molecule has 4 heteroatoms. The number of para-hydroxylation sites is 1. The van der Waals surface area contributed by atoms with Crippen LogP contribution in [0.3, 0.4) is 0 Å². The van der Waals surface area contributed by atoms with E-state index in [4.69, 9.17) is 9.47 Å². The summed E-state index contributed by atoms with van der Waals surface area (Å²) in [6.45, 7) is 2.39. The summed E-state index contributed by atoms with van der Waals surface area (Å²) in [5.41, 5.74) is 1.86. The Morgan fingerprint density at radius 3 is 2.57 bits per heavy atom. The minimum Gasteiger partial charge on any atom is -0.496 e. The van der Waals surface area contributed by atoms with Crippen molar-refractivity contribution >= 4 is 15.9 Å². The molecule has 0 saturated heterocycles. The zero-order chi connectivity index (χ0) is 15.2. The molecule has 1 atom stereocenters. The van der Waals surface area contributed by atoms with Crippen molar-refractivity contribution in [1.82, 2.24) is 0 Å². The van der Waals surface area contributed by atoms with Gasteiger partial charge in [-0.1, -0.05) is 31.2 Å². The Hall–Kier alpha value is -1.52. The molecule has 1 N–H and O–H groups in total. The van der Waals surface area contributed by atoms with E-state index in [1.165, 1.54) is 0 Å². The van der Waals surface area contributed by atoms with Gasteiger partial charge in [0.25, 0.3) is 0 Å². The number of halogens is 1. The first-order valence-corrected chi connectivity index (χ1v) is 7.67. The van der Waals surface area contributed by atoms with Crippen molar-refractivity contribution in [3.05, 3.63) is 58.1 Å². The van der Waals surface area contributed by atoms with E-state index in [1.807, 2.05) is 49.4 Å². The molecule has 0 unspecified atom stereocenters. The fourth-order valence-electron chi connectivity index (χ4n) is 2.07. The fourth-order valence-corrected chi connectivity index (χ4v) is 2.66. The van der Waals surface area contributed by atoms with Gasteiger partial charge >= 0.3 is 0 Å². The Balaban J connectivity index is 2.11. The van der Waals surface area contributed by atoms with Crippen molar-refractivity contribution in [3.63, 3.8) is 0 Å². The van der Waals surface area contributed by atoms with Crippen molar-refractivity contribution in [1.29, 1.82) is 0 Å². The van der Waals surface area contributed by atoms with E-state index >= 15 is 0 Å². The second kappa shape index (κ2) is 7.48. The van der Waals surface area contributed by atoms with E-state index in [9.17, 15) is 5.11 Å². The highest BCUT2D eigenvalue weighted by molar-refractivity contribution is 9.10. The highest BCUT2D eigenvalue weighted by Gasteiger charge is 2.11. The van der Waals surface area contributed by atoms with Crippen LogP contribution in [-0.4, -0.2) is 12.2 Å². The molecule has 0 spiro atoms. The van der Waals surface area contributed by atoms with E-state index < -0.39 is 6.10 Å². The van der Waals surface area contributed by atoms with Gasteiger partial charge in [-0.2, -0.15) is 0 Å². The van der Waals surface area contributed by atoms with Crippen LogP contribution in [0.15, 0.2) is 46.9 Å². The fraction of sp³-hybridized carbons (Fsp3) is 0.294. The van der Waals surface area contributed by atoms with Crippen molar-refractivity contribution in [2.75, 3.05) is 7.11 Å². The molecule has 2 aromatic carbocycles. The topological polar surface area (TPSA) is 38.7 Å². The van der Waals surface area contributed by atoms with Crippen molar-refractivity contribution < 1.29 is 14.6 Å². The van der Waals surface area contributed by atoms with E-state index in [2.05, 4.69) is 15.9 Å². The molecule has 0 radical (unpaired) electrons. The largest absolute Gasteiger partial charge is 0.496 e. The zero-order valence-corrected chi connectivity index (χ0v) is 13.8. The number of aliphatic hydroxyl groups excluding tert-OH is 1. The summed E-state index contributed by atoms with van der Waals surface area (Å²) in [5, 5.41) is 10.0. The maximum atomic E-state index is 10.0. The van der Waals surface area contributed by atoms with Crippen molar-refractivity contribution in [2.24, 2.45) is 0 Å². The first-order valence-electron chi connectivity index (χ1n) is 6.88. The Labute approximate surface area is 133 Å². The second-order valence-electron chi connectivity index (χ2n) is 4.72. The summed E-state index contributed by atoms with van der Waals surface area (Å²) in [7, 11) is 1.64. The molecule has 0 amide bonds. The van der Waals surface area contributed by atoms with E-state index in [1.54, 1.807) is 7.11 Å². The summed E-state index contributed by atoms with van der Waals surface area (Å²) in [6, 6.07) is 13.4. The van der Waals surface area contributed by atoms with Crippen LogP contribution in [0, 0.1) is 0 Å². The number of hydrogen-bond acceptors (Lipinski definition) is 3. The number of aliphatic hydroxyl groups is 1. The predicted octanol–water partition coefficient (Wildman–Crippen LogP) is 4.48. The molecule has 3 nitrogen and oxygen atoms in total. The van der Waals surface area contributed by atoms with Gasteiger partial charge in [0.15, 0.2) is 0 Å². The summed E-state index contributed by atoms with van der Waals surface area (Å²) in [4.78, 5) is 0. The standard InChI is InChI=1S/C17H19BrO3/c1-3-15(19)13-6-4-5-7-16(13)21-11-12-8-9-17(20-2)14(18)10-12/h4-10,15,19H,3,11H2,1-2H3/t15-/m1/s1. The van der Waals surface area contributed by atoms with E-state index in [0.29, 0.717) is 13.0 Å². The van der Waals surface area contributed by atoms with Crippen LogP contribution in [0.5, 0.6) is 11.5 Å². The normalized spacial score (nSPS) is 12.0. The Morgan fingerprint density at radius 1 is 1.14 bits per heavy atom. The van der Waals surface area contributed by atoms with E-state index in [-0.39, 0.29) is 0 Å². The van der Waals surface area contributed by atoms with Crippen LogP contribution < -0.4 is 9.47 Å². The molecular formula is C17H19BrO3. The summed E-state index contributed by atoms with van der Waals surface area (Å²) in [6.07, 6.45) is 0.165. The molecule has 0 aliphatic heterocycles. The third-order valence-corrected chi connectivity index (χ3v) is 3.89. The molecule has 0 aromatic heterocycles. The van der Waals surface area contributed by atoms with Crippen LogP contribution in [0.25, 0.3) is 0 Å². The highest BCUT2D eigenvalue weighted by atomic mass is 79.9. The quantitative estimate of drug-likeness (QED) is 0.834. The van der Waals surface area contributed by atoms with Gasteiger partial charge in [-0.15, -0.1) is 0 Å². The zero-order valence-electron chi connectivity index (χ0n) is 12.2. The van der Waals surface area contributed by atoms with Gasteiger partial charge in [0, 0.05) is 5.56 Å². The smallest absolute Gasteiger partial charge is 0.133 e. The first kappa shape index (κ1) is 15.9. The first-order chi connectivity index (χ1) is 10.2. The SMILES string of the molecule is CC[C@@H](O)c1ccccc1OCc1ccc(OC)c(Br)c1. The monoisotopic (exact) mass is 350 g/mol. The number of methoxy groups -OCH3 is 1. The molecular weight excluding hydrogens is 332 g/mol. The lowest BCUT2D eigenvalue weighted by Crippen LogP contribution is -2.02. The minimum atomic E-state index is -0.496. The van der Waals surface area contributed by atoms with Gasteiger partial charge in [-0.25, -0.2) is 0 Å². The van der Waals surface area contributed by atoms with Crippen LogP contribution in [-0.2, 0) is 6.61 Å². The highest BCUT2D eigenvalue weighted by Crippen LogP contribution is 2.29. The number of rotatable bonds is 6. The van der Waals surface area contributed by atoms with E-state index in [0.717, 1.165) is 27.1 Å². The van der Waals surface area contributed by atoms with Crippen LogP contribution >= 0.6 is 15.9 Å². The van der Waals surface area contributed by atoms with Gasteiger partial charge in [0.1, 0.15) is 18.1 Å². The van der Waals surface area contributed by atoms with Gasteiger partial charge < -0.3 is 14.6 Å². The van der Waals surface area contributed by atoms with Gasteiger partial charge in [-0.05, 0) is 46.1 Å². The maximum absolute atomic E-state index is 10.0. The third kappa shape index (κ3) is 3.99. The maximum Gasteiger partial charge on any atom is 0.133 e. The van der Waals surface area contributed by atoms with Gasteiger partial charge in [0.2, 0.25) is 0 Å². The average Bonchev–Trinajstić information content (AvgIpc) is 2.52. The van der Waals surface area contributed by atoms with Crippen LogP contribution in [0.4, 0.5) is 0 Å². The molecule has 2 rings (SSSR count). The third-order valence-electron chi connectivity index (χ3n) is 3.28. The number of hydrogen-bond donors (Lipinski definition) is 1. The molecule has 0 bridgehead atoms. The summed E-state index contributed by atoms with van der Waals surface area (Å²) >= 11 is 3.46. The molecule has 0 aliphatic rings. The second-order valence-corrected chi connectivity index (χ2v) is 5.57. The van der Waals surface area contributed by atoms with Gasteiger partial charge in [0.05, 0.1) is 17.7 Å². The predicted molar refractivity (Wildman–Crippen MR) is 86.7 cm³/mol.